The van der Waals surface area contributed by atoms with E-state index < -0.39 is 0 Å². The number of aromatic nitrogens is 2. The lowest BCUT2D eigenvalue weighted by atomic mass is 9.96. The summed E-state index contributed by atoms with van der Waals surface area (Å²) < 4.78 is 5.39. The topological polar surface area (TPSA) is 50.3 Å². The van der Waals surface area contributed by atoms with Crippen LogP contribution in [-0.4, -0.2) is 53.8 Å². The lowest BCUT2D eigenvalue weighted by Gasteiger charge is -2.30. The number of ether oxygens (including phenoxy) is 1. The highest BCUT2D eigenvalue weighted by Gasteiger charge is 2.18. The first-order valence-electron chi connectivity index (χ1n) is 7.72. The largest absolute Gasteiger partial charge is 0.379 e. The van der Waals surface area contributed by atoms with Gasteiger partial charge in [-0.2, -0.15) is 0 Å². The zero-order valence-corrected chi connectivity index (χ0v) is 12.3. The average molecular weight is 276 g/mol. The van der Waals surface area contributed by atoms with Crippen molar-refractivity contribution in [2.75, 3.05) is 38.2 Å². The van der Waals surface area contributed by atoms with Gasteiger partial charge in [0, 0.05) is 36.9 Å². The molecule has 3 rings (SSSR count). The van der Waals surface area contributed by atoms with Crippen molar-refractivity contribution in [3.8, 4) is 0 Å². The van der Waals surface area contributed by atoms with E-state index in [4.69, 9.17) is 4.74 Å². The summed E-state index contributed by atoms with van der Waals surface area (Å²) in [7, 11) is 0. The number of fused-ring (bicyclic) bond motifs is 1. The molecule has 1 N–H and O–H groups in total. The van der Waals surface area contributed by atoms with Gasteiger partial charge in [0.25, 0.3) is 0 Å². The van der Waals surface area contributed by atoms with E-state index in [1.165, 1.54) is 24.1 Å². The van der Waals surface area contributed by atoms with Crippen molar-refractivity contribution in [3.05, 3.63) is 17.6 Å². The molecule has 1 unspecified atom stereocenters. The van der Waals surface area contributed by atoms with E-state index in [2.05, 4.69) is 27.1 Å². The van der Waals surface area contributed by atoms with Crippen LogP contribution in [0.1, 0.15) is 31.0 Å². The summed E-state index contributed by atoms with van der Waals surface area (Å²) in [4.78, 5) is 11.3. The van der Waals surface area contributed by atoms with Crippen LogP contribution in [0.3, 0.4) is 0 Å². The van der Waals surface area contributed by atoms with Crippen molar-refractivity contribution in [3.63, 3.8) is 0 Å². The minimum Gasteiger partial charge on any atom is -0.379 e. The van der Waals surface area contributed by atoms with Crippen LogP contribution in [-0.2, 0) is 17.6 Å². The summed E-state index contributed by atoms with van der Waals surface area (Å²) in [6.07, 6.45) is 6.43. The quantitative estimate of drug-likeness (QED) is 0.903. The second-order valence-corrected chi connectivity index (χ2v) is 5.81. The molecule has 0 bridgehead atoms. The Labute approximate surface area is 120 Å². The molecule has 1 aliphatic carbocycles. The third-order valence-electron chi connectivity index (χ3n) is 4.14. The number of hydrogen-bond acceptors (Lipinski definition) is 5. The number of rotatable bonds is 4. The second-order valence-electron chi connectivity index (χ2n) is 5.81. The maximum Gasteiger partial charge on any atom is 0.133 e. The van der Waals surface area contributed by atoms with Gasteiger partial charge < -0.3 is 10.1 Å². The average Bonchev–Trinajstić information content (AvgIpc) is 2.48. The zero-order valence-electron chi connectivity index (χ0n) is 12.3. The number of aryl methyl sites for hydroxylation is 1. The van der Waals surface area contributed by atoms with Crippen LogP contribution in [0.2, 0.25) is 0 Å². The lowest BCUT2D eigenvalue weighted by molar-refractivity contribution is 0.0368. The normalized spacial score (nSPS) is 21.2. The van der Waals surface area contributed by atoms with Gasteiger partial charge in [0.05, 0.1) is 13.2 Å². The van der Waals surface area contributed by atoms with Gasteiger partial charge in [0.2, 0.25) is 0 Å². The van der Waals surface area contributed by atoms with E-state index in [0.717, 1.165) is 51.5 Å². The maximum atomic E-state index is 5.39. The SMILES string of the molecule is CC(CN1CCOCC1)Nc1ncnc2c1CCCC2. The van der Waals surface area contributed by atoms with E-state index in [-0.39, 0.29) is 0 Å². The molecule has 20 heavy (non-hydrogen) atoms. The molecule has 0 spiro atoms. The van der Waals surface area contributed by atoms with Crippen molar-refractivity contribution in [1.29, 1.82) is 0 Å². The standard InChI is InChI=1S/C15H24N4O/c1-12(10-19-6-8-20-9-7-19)18-15-13-4-2-3-5-14(13)16-11-17-15/h11-12H,2-10H2,1H3,(H,16,17,18). The second kappa shape index (κ2) is 6.50. The molecule has 5 nitrogen and oxygen atoms in total. The van der Waals surface area contributed by atoms with Crippen LogP contribution in [0.4, 0.5) is 5.82 Å². The Morgan fingerprint density at radius 3 is 2.90 bits per heavy atom. The molecule has 5 heteroatoms. The predicted octanol–water partition coefficient (Wildman–Crippen LogP) is 1.49. The number of morpholine rings is 1. The molecule has 1 atom stereocenters. The van der Waals surface area contributed by atoms with Crippen LogP contribution in [0.5, 0.6) is 0 Å². The van der Waals surface area contributed by atoms with Crippen LogP contribution >= 0.6 is 0 Å². The molecule has 0 saturated carbocycles. The van der Waals surface area contributed by atoms with Crippen molar-refractivity contribution in [1.82, 2.24) is 14.9 Å². The van der Waals surface area contributed by atoms with Crippen molar-refractivity contribution in [2.24, 2.45) is 0 Å². The molecule has 2 aliphatic rings. The molecule has 0 radical (unpaired) electrons. The van der Waals surface area contributed by atoms with Gasteiger partial charge in [0.15, 0.2) is 0 Å². The molecule has 110 valence electrons. The summed E-state index contributed by atoms with van der Waals surface area (Å²) in [5, 5.41) is 3.58. The number of nitrogens with zero attached hydrogens (tertiary/aromatic N) is 3. The highest BCUT2D eigenvalue weighted by molar-refractivity contribution is 5.47. The van der Waals surface area contributed by atoms with Gasteiger partial charge in [-0.3, -0.25) is 4.90 Å². The Morgan fingerprint density at radius 2 is 2.05 bits per heavy atom. The molecule has 1 aromatic rings. The number of anilines is 1. The first-order chi connectivity index (χ1) is 9.83. The Bertz CT molecular complexity index is 445. The van der Waals surface area contributed by atoms with Gasteiger partial charge in [-0.25, -0.2) is 9.97 Å². The monoisotopic (exact) mass is 276 g/mol. The Hall–Kier alpha value is -1.20. The molecule has 1 fully saturated rings. The highest BCUT2D eigenvalue weighted by Crippen LogP contribution is 2.24. The van der Waals surface area contributed by atoms with Crippen molar-refractivity contribution < 1.29 is 4.74 Å². The summed E-state index contributed by atoms with van der Waals surface area (Å²) in [6.45, 7) is 7.06. The summed E-state index contributed by atoms with van der Waals surface area (Å²) in [5.74, 6) is 1.05. The fourth-order valence-corrected chi connectivity index (χ4v) is 3.10. The van der Waals surface area contributed by atoms with Crippen molar-refractivity contribution >= 4 is 5.82 Å². The third-order valence-corrected chi connectivity index (χ3v) is 4.14. The maximum absolute atomic E-state index is 5.39. The zero-order chi connectivity index (χ0) is 13.8. The Kier molecular flexibility index (Phi) is 4.47. The van der Waals surface area contributed by atoms with Gasteiger partial charge in [0.1, 0.15) is 12.1 Å². The molecular formula is C15H24N4O. The van der Waals surface area contributed by atoms with Gasteiger partial charge >= 0.3 is 0 Å². The predicted molar refractivity (Wildman–Crippen MR) is 79.0 cm³/mol. The van der Waals surface area contributed by atoms with Crippen molar-refractivity contribution in [2.45, 2.75) is 38.6 Å². The lowest BCUT2D eigenvalue weighted by Crippen LogP contribution is -2.42. The molecule has 1 aliphatic heterocycles. The molecular weight excluding hydrogens is 252 g/mol. The fraction of sp³-hybridized carbons (Fsp3) is 0.733. The first kappa shape index (κ1) is 13.8. The van der Waals surface area contributed by atoms with E-state index in [0.29, 0.717) is 6.04 Å². The van der Waals surface area contributed by atoms with Crippen LogP contribution in [0.15, 0.2) is 6.33 Å². The van der Waals surface area contributed by atoms with E-state index in [9.17, 15) is 0 Å². The minimum atomic E-state index is 0.397. The Balaban J connectivity index is 1.62. The smallest absolute Gasteiger partial charge is 0.133 e. The van der Waals surface area contributed by atoms with E-state index >= 15 is 0 Å². The summed E-state index contributed by atoms with van der Waals surface area (Å²) in [6, 6.07) is 0.397. The summed E-state index contributed by atoms with van der Waals surface area (Å²) in [5.41, 5.74) is 2.58. The fourth-order valence-electron chi connectivity index (χ4n) is 3.10. The molecule has 1 aromatic heterocycles. The Morgan fingerprint density at radius 1 is 1.25 bits per heavy atom. The van der Waals surface area contributed by atoms with Crippen LogP contribution in [0.25, 0.3) is 0 Å². The van der Waals surface area contributed by atoms with Gasteiger partial charge in [-0.1, -0.05) is 0 Å². The number of hydrogen-bond donors (Lipinski definition) is 1. The third kappa shape index (κ3) is 3.27. The molecule has 2 heterocycles. The summed E-state index contributed by atoms with van der Waals surface area (Å²) >= 11 is 0. The van der Waals surface area contributed by atoms with Gasteiger partial charge in [-0.15, -0.1) is 0 Å². The van der Waals surface area contributed by atoms with Gasteiger partial charge in [-0.05, 0) is 32.6 Å². The number of nitrogens with one attached hydrogen (secondary N) is 1. The van der Waals surface area contributed by atoms with E-state index in [1.807, 2.05) is 0 Å². The van der Waals surface area contributed by atoms with E-state index in [1.54, 1.807) is 6.33 Å². The van der Waals surface area contributed by atoms with Crippen LogP contribution in [0, 0.1) is 0 Å². The first-order valence-corrected chi connectivity index (χ1v) is 7.72. The molecule has 0 aromatic carbocycles. The van der Waals surface area contributed by atoms with Crippen LogP contribution < -0.4 is 5.32 Å². The molecule has 1 saturated heterocycles. The highest BCUT2D eigenvalue weighted by atomic mass is 16.5. The molecule has 0 amide bonds. The minimum absolute atomic E-state index is 0.397.